The predicted octanol–water partition coefficient (Wildman–Crippen LogP) is 3.91. The van der Waals surface area contributed by atoms with E-state index < -0.39 is 0 Å². The van der Waals surface area contributed by atoms with Gasteiger partial charge in [-0.2, -0.15) is 0 Å². The van der Waals surface area contributed by atoms with Crippen LogP contribution in [0.1, 0.15) is 21.5 Å². The van der Waals surface area contributed by atoms with Crippen molar-refractivity contribution in [1.29, 1.82) is 0 Å². The number of aliphatic imine (C=N–C) groups is 1. The summed E-state index contributed by atoms with van der Waals surface area (Å²) in [4.78, 5) is 20.1. The van der Waals surface area contributed by atoms with Crippen LogP contribution in [0.2, 0.25) is 5.02 Å². The maximum Gasteiger partial charge on any atom is 0.253 e. The molecule has 152 valence electrons. The van der Waals surface area contributed by atoms with Crippen LogP contribution in [0.3, 0.4) is 0 Å². The van der Waals surface area contributed by atoms with E-state index in [1.807, 2.05) is 60.5 Å². The second kappa shape index (κ2) is 11.9. The zero-order chi connectivity index (χ0) is 19.8. The highest BCUT2D eigenvalue weighted by Crippen LogP contribution is 2.16. The van der Waals surface area contributed by atoms with Crippen LogP contribution >= 0.6 is 35.6 Å². The molecule has 0 spiro atoms. The number of hydrogen-bond acceptors (Lipinski definition) is 2. The molecule has 0 aliphatic rings. The highest BCUT2D eigenvalue weighted by molar-refractivity contribution is 14.0. The average molecular weight is 515 g/mol. The third kappa shape index (κ3) is 6.98. The highest BCUT2D eigenvalue weighted by atomic mass is 127. The lowest BCUT2D eigenvalue weighted by molar-refractivity contribution is 0.0827. The van der Waals surface area contributed by atoms with Crippen LogP contribution in [-0.2, 0) is 13.0 Å². The molecule has 0 fully saturated rings. The van der Waals surface area contributed by atoms with E-state index in [-0.39, 0.29) is 29.9 Å². The SMILES string of the molecule is CN=C(NCCc1cccc(C(=O)N(C)C)c1)N(C)Cc1ccccc1Cl.I. The molecule has 0 atom stereocenters. The molecule has 28 heavy (non-hydrogen) atoms. The molecule has 0 bridgehead atoms. The topological polar surface area (TPSA) is 47.9 Å². The van der Waals surface area contributed by atoms with Crippen molar-refractivity contribution in [2.45, 2.75) is 13.0 Å². The standard InChI is InChI=1S/C21H27ClN4O.HI/c1-23-21(26(4)15-18-9-5-6-11-19(18)22)24-13-12-16-8-7-10-17(14-16)20(27)25(2)3;/h5-11,14H,12-13,15H2,1-4H3,(H,23,24);1H. The molecule has 0 aliphatic heterocycles. The third-order valence-electron chi connectivity index (χ3n) is 4.22. The minimum absolute atomic E-state index is 0. The summed E-state index contributed by atoms with van der Waals surface area (Å²) >= 11 is 6.25. The highest BCUT2D eigenvalue weighted by Gasteiger charge is 2.10. The molecular formula is C21H28ClIN4O. The van der Waals surface area contributed by atoms with E-state index in [4.69, 9.17) is 11.6 Å². The Morgan fingerprint density at radius 2 is 1.82 bits per heavy atom. The summed E-state index contributed by atoms with van der Waals surface area (Å²) in [6.07, 6.45) is 0.799. The molecule has 2 aromatic rings. The van der Waals surface area contributed by atoms with E-state index in [1.54, 1.807) is 26.0 Å². The molecule has 7 heteroatoms. The maximum atomic E-state index is 12.1. The van der Waals surface area contributed by atoms with Crippen LogP contribution < -0.4 is 5.32 Å². The van der Waals surface area contributed by atoms with Gasteiger partial charge < -0.3 is 15.1 Å². The fraction of sp³-hybridized carbons (Fsp3) is 0.333. The van der Waals surface area contributed by atoms with Crippen molar-refractivity contribution in [1.82, 2.24) is 15.1 Å². The number of hydrogen-bond donors (Lipinski definition) is 1. The molecule has 1 amide bonds. The Morgan fingerprint density at radius 3 is 2.46 bits per heavy atom. The first-order valence-corrected chi connectivity index (χ1v) is 9.26. The normalized spacial score (nSPS) is 10.8. The van der Waals surface area contributed by atoms with Gasteiger partial charge in [-0.1, -0.05) is 41.9 Å². The summed E-state index contributed by atoms with van der Waals surface area (Å²) in [6.45, 7) is 1.39. The zero-order valence-corrected chi connectivity index (χ0v) is 19.9. The summed E-state index contributed by atoms with van der Waals surface area (Å²) in [5, 5.41) is 4.12. The second-order valence-electron chi connectivity index (χ2n) is 6.57. The van der Waals surface area contributed by atoms with Gasteiger partial charge in [0.15, 0.2) is 5.96 Å². The Balaban J connectivity index is 0.00000392. The number of nitrogens with one attached hydrogen (secondary N) is 1. The molecule has 0 saturated heterocycles. The van der Waals surface area contributed by atoms with Crippen LogP contribution in [0, 0.1) is 0 Å². The smallest absolute Gasteiger partial charge is 0.253 e. The van der Waals surface area contributed by atoms with Gasteiger partial charge in [-0.05, 0) is 35.7 Å². The monoisotopic (exact) mass is 514 g/mol. The van der Waals surface area contributed by atoms with Gasteiger partial charge >= 0.3 is 0 Å². The fourth-order valence-electron chi connectivity index (χ4n) is 2.78. The van der Waals surface area contributed by atoms with Gasteiger partial charge in [0.1, 0.15) is 0 Å². The largest absolute Gasteiger partial charge is 0.356 e. The molecule has 0 saturated carbocycles. The molecule has 0 aromatic heterocycles. The molecular weight excluding hydrogens is 487 g/mol. The van der Waals surface area contributed by atoms with E-state index in [2.05, 4.69) is 10.3 Å². The number of rotatable bonds is 6. The Morgan fingerprint density at radius 1 is 1.11 bits per heavy atom. The van der Waals surface area contributed by atoms with Gasteiger partial charge in [0.25, 0.3) is 5.91 Å². The van der Waals surface area contributed by atoms with Crippen molar-refractivity contribution >= 4 is 47.4 Å². The van der Waals surface area contributed by atoms with Crippen molar-refractivity contribution in [2.24, 2.45) is 4.99 Å². The Bertz CT molecular complexity index is 810. The number of halogens is 2. The molecule has 2 aromatic carbocycles. The van der Waals surface area contributed by atoms with Gasteiger partial charge in [0, 0.05) is 51.9 Å². The molecule has 0 unspecified atom stereocenters. The summed E-state index contributed by atoms with van der Waals surface area (Å²) in [7, 11) is 7.27. The Hall–Kier alpha value is -1.80. The summed E-state index contributed by atoms with van der Waals surface area (Å²) in [6, 6.07) is 15.5. The Kier molecular flexibility index (Phi) is 10.3. The predicted molar refractivity (Wildman–Crippen MR) is 128 cm³/mol. The minimum Gasteiger partial charge on any atom is -0.356 e. The summed E-state index contributed by atoms with van der Waals surface area (Å²) < 4.78 is 0. The zero-order valence-electron chi connectivity index (χ0n) is 16.8. The number of nitrogens with zero attached hydrogens (tertiary/aromatic N) is 3. The van der Waals surface area contributed by atoms with E-state index in [1.165, 1.54) is 0 Å². The average Bonchev–Trinajstić information content (AvgIpc) is 2.66. The van der Waals surface area contributed by atoms with Crippen LogP contribution in [-0.4, -0.2) is 56.4 Å². The van der Waals surface area contributed by atoms with Crippen molar-refractivity contribution in [3.63, 3.8) is 0 Å². The van der Waals surface area contributed by atoms with Gasteiger partial charge in [0.2, 0.25) is 0 Å². The molecule has 0 radical (unpaired) electrons. The number of benzene rings is 2. The lowest BCUT2D eigenvalue weighted by atomic mass is 10.1. The third-order valence-corrected chi connectivity index (χ3v) is 4.58. The van der Waals surface area contributed by atoms with Crippen LogP contribution in [0.25, 0.3) is 0 Å². The second-order valence-corrected chi connectivity index (χ2v) is 6.98. The lowest BCUT2D eigenvalue weighted by Gasteiger charge is -2.22. The fourth-order valence-corrected chi connectivity index (χ4v) is 2.97. The number of guanidine groups is 1. The van der Waals surface area contributed by atoms with E-state index in [9.17, 15) is 4.79 Å². The van der Waals surface area contributed by atoms with E-state index in [0.29, 0.717) is 12.1 Å². The van der Waals surface area contributed by atoms with E-state index >= 15 is 0 Å². The van der Waals surface area contributed by atoms with Crippen LogP contribution in [0.4, 0.5) is 0 Å². The molecule has 1 N–H and O–H groups in total. The first-order valence-electron chi connectivity index (χ1n) is 8.88. The summed E-state index contributed by atoms with van der Waals surface area (Å²) in [5.74, 6) is 0.815. The quantitative estimate of drug-likeness (QED) is 0.361. The van der Waals surface area contributed by atoms with Gasteiger partial charge in [0.05, 0.1) is 0 Å². The minimum atomic E-state index is 0. The molecule has 2 rings (SSSR count). The van der Waals surface area contributed by atoms with Crippen LogP contribution in [0.15, 0.2) is 53.5 Å². The Labute approximate surface area is 189 Å². The van der Waals surface area contributed by atoms with Crippen molar-refractivity contribution in [2.75, 3.05) is 34.7 Å². The van der Waals surface area contributed by atoms with E-state index in [0.717, 1.165) is 35.1 Å². The lowest BCUT2D eigenvalue weighted by Crippen LogP contribution is -2.39. The summed E-state index contributed by atoms with van der Waals surface area (Å²) in [5.41, 5.74) is 2.87. The van der Waals surface area contributed by atoms with Crippen molar-refractivity contribution in [3.8, 4) is 0 Å². The van der Waals surface area contributed by atoms with Crippen molar-refractivity contribution in [3.05, 3.63) is 70.2 Å². The van der Waals surface area contributed by atoms with Crippen LogP contribution in [0.5, 0.6) is 0 Å². The number of carbonyl (C=O) groups excluding carboxylic acids is 1. The number of amides is 1. The number of carbonyl (C=O) groups is 1. The molecule has 0 aliphatic carbocycles. The van der Waals surface area contributed by atoms with Gasteiger partial charge in [-0.15, -0.1) is 24.0 Å². The van der Waals surface area contributed by atoms with Crippen molar-refractivity contribution < 1.29 is 4.79 Å². The van der Waals surface area contributed by atoms with Gasteiger partial charge in [-0.3, -0.25) is 9.79 Å². The maximum absolute atomic E-state index is 12.1. The molecule has 0 heterocycles. The van der Waals surface area contributed by atoms with Gasteiger partial charge in [-0.25, -0.2) is 0 Å². The first-order chi connectivity index (χ1) is 12.9. The first kappa shape index (κ1) is 24.2. The molecule has 5 nitrogen and oxygen atoms in total.